The van der Waals surface area contributed by atoms with Gasteiger partial charge >= 0.3 is 0 Å². The van der Waals surface area contributed by atoms with Gasteiger partial charge in [0, 0.05) is 0 Å². The zero-order valence-corrected chi connectivity index (χ0v) is 7.89. The van der Waals surface area contributed by atoms with E-state index in [4.69, 9.17) is 5.73 Å². The fourth-order valence-corrected chi connectivity index (χ4v) is 2.21. The molecule has 2 atom stereocenters. The first-order chi connectivity index (χ1) is 5.63. The minimum absolute atomic E-state index is 0.197. The van der Waals surface area contributed by atoms with Crippen molar-refractivity contribution in [3.05, 3.63) is 0 Å². The second-order valence-electron chi connectivity index (χ2n) is 3.73. The second-order valence-corrected chi connectivity index (χ2v) is 3.73. The Balaban J connectivity index is 2.81. The summed E-state index contributed by atoms with van der Waals surface area (Å²) in [6, 6.07) is 0. The minimum Gasteiger partial charge on any atom is -0.368 e. The summed E-state index contributed by atoms with van der Waals surface area (Å²) >= 11 is 0. The quantitative estimate of drug-likeness (QED) is 0.639. The molecule has 1 amide bonds. The number of likely N-dealkylation sites (N-methyl/N-ethyl adjacent to an activating group) is 1. The SMILES string of the molecule is CNC1(C(N)=O)CCCCC1C. The summed E-state index contributed by atoms with van der Waals surface area (Å²) in [5.41, 5.74) is 4.97. The highest BCUT2D eigenvalue weighted by Crippen LogP contribution is 2.32. The minimum atomic E-state index is -0.432. The molecule has 0 aromatic heterocycles. The largest absolute Gasteiger partial charge is 0.368 e. The van der Waals surface area contributed by atoms with Crippen LogP contribution in [0.5, 0.6) is 0 Å². The highest BCUT2D eigenvalue weighted by molar-refractivity contribution is 5.85. The number of rotatable bonds is 2. The van der Waals surface area contributed by atoms with Gasteiger partial charge in [-0.05, 0) is 25.8 Å². The summed E-state index contributed by atoms with van der Waals surface area (Å²) in [7, 11) is 1.83. The van der Waals surface area contributed by atoms with Gasteiger partial charge in [-0.3, -0.25) is 4.79 Å². The van der Waals surface area contributed by atoms with Crippen LogP contribution in [-0.2, 0) is 4.79 Å². The Morgan fingerprint density at radius 2 is 2.25 bits per heavy atom. The maximum Gasteiger partial charge on any atom is 0.237 e. The molecule has 1 aliphatic rings. The van der Waals surface area contributed by atoms with Gasteiger partial charge in [0.15, 0.2) is 0 Å². The molecule has 70 valence electrons. The van der Waals surface area contributed by atoms with Crippen LogP contribution in [0.15, 0.2) is 0 Å². The van der Waals surface area contributed by atoms with Crippen LogP contribution in [-0.4, -0.2) is 18.5 Å². The third-order valence-corrected chi connectivity index (χ3v) is 3.19. The molecular formula is C9H18N2O. The van der Waals surface area contributed by atoms with E-state index in [1.165, 1.54) is 6.42 Å². The van der Waals surface area contributed by atoms with E-state index in [0.29, 0.717) is 5.92 Å². The number of carbonyl (C=O) groups excluding carboxylic acids is 1. The standard InChI is InChI=1S/C9H18N2O/c1-7-5-3-4-6-9(7,11-2)8(10)12/h7,11H,3-6H2,1-2H3,(H2,10,12). The van der Waals surface area contributed by atoms with Crippen LogP contribution < -0.4 is 11.1 Å². The molecule has 0 heterocycles. The average molecular weight is 170 g/mol. The van der Waals surface area contributed by atoms with Crippen molar-refractivity contribution in [2.75, 3.05) is 7.05 Å². The van der Waals surface area contributed by atoms with Gasteiger partial charge in [0.05, 0.1) is 5.54 Å². The van der Waals surface area contributed by atoms with Gasteiger partial charge in [0.1, 0.15) is 0 Å². The third-order valence-electron chi connectivity index (χ3n) is 3.19. The molecule has 3 heteroatoms. The summed E-state index contributed by atoms with van der Waals surface area (Å²) in [5, 5.41) is 3.09. The van der Waals surface area contributed by atoms with E-state index in [1.807, 2.05) is 7.05 Å². The van der Waals surface area contributed by atoms with Gasteiger partial charge in [-0.25, -0.2) is 0 Å². The smallest absolute Gasteiger partial charge is 0.237 e. The Kier molecular flexibility index (Phi) is 2.73. The lowest BCUT2D eigenvalue weighted by molar-refractivity contribution is -0.127. The average Bonchev–Trinajstić information content (AvgIpc) is 2.05. The molecule has 0 bridgehead atoms. The maximum atomic E-state index is 11.3. The molecule has 1 aliphatic carbocycles. The zero-order chi connectivity index (χ0) is 9.19. The van der Waals surface area contributed by atoms with Crippen LogP contribution >= 0.6 is 0 Å². The van der Waals surface area contributed by atoms with Crippen LogP contribution in [0.1, 0.15) is 32.6 Å². The molecule has 2 unspecified atom stereocenters. The molecule has 3 nitrogen and oxygen atoms in total. The van der Waals surface area contributed by atoms with Gasteiger partial charge in [0.25, 0.3) is 0 Å². The van der Waals surface area contributed by atoms with Crippen molar-refractivity contribution in [2.24, 2.45) is 11.7 Å². The van der Waals surface area contributed by atoms with Crippen LogP contribution in [0.3, 0.4) is 0 Å². The Bertz CT molecular complexity index is 181. The summed E-state index contributed by atoms with van der Waals surface area (Å²) in [6.07, 6.45) is 4.32. The van der Waals surface area contributed by atoms with Gasteiger partial charge < -0.3 is 11.1 Å². The number of nitrogens with one attached hydrogen (secondary N) is 1. The lowest BCUT2D eigenvalue weighted by Gasteiger charge is -2.39. The summed E-state index contributed by atoms with van der Waals surface area (Å²) in [5.74, 6) is 0.172. The molecule has 0 saturated heterocycles. The van der Waals surface area contributed by atoms with E-state index in [0.717, 1.165) is 19.3 Å². The Morgan fingerprint density at radius 1 is 1.58 bits per heavy atom. The first-order valence-corrected chi connectivity index (χ1v) is 4.62. The lowest BCUT2D eigenvalue weighted by Crippen LogP contribution is -2.59. The summed E-state index contributed by atoms with van der Waals surface area (Å²) in [4.78, 5) is 11.3. The topological polar surface area (TPSA) is 55.1 Å². The van der Waals surface area contributed by atoms with Crippen LogP contribution in [0, 0.1) is 5.92 Å². The molecule has 1 saturated carbocycles. The molecule has 1 rings (SSSR count). The predicted octanol–water partition coefficient (Wildman–Crippen LogP) is 0.640. The van der Waals surface area contributed by atoms with Crippen molar-refractivity contribution >= 4 is 5.91 Å². The Labute approximate surface area is 73.7 Å². The number of amides is 1. The third kappa shape index (κ3) is 1.33. The monoisotopic (exact) mass is 170 g/mol. The van der Waals surface area contributed by atoms with Crippen molar-refractivity contribution in [2.45, 2.75) is 38.1 Å². The molecule has 3 N–H and O–H groups in total. The fraction of sp³-hybridized carbons (Fsp3) is 0.889. The molecular weight excluding hydrogens is 152 g/mol. The first kappa shape index (κ1) is 9.52. The number of hydrogen-bond donors (Lipinski definition) is 2. The van der Waals surface area contributed by atoms with E-state index in [9.17, 15) is 4.79 Å². The number of hydrogen-bond acceptors (Lipinski definition) is 2. The van der Waals surface area contributed by atoms with Gasteiger partial charge in [-0.1, -0.05) is 19.8 Å². The number of carbonyl (C=O) groups is 1. The second kappa shape index (κ2) is 3.44. The van der Waals surface area contributed by atoms with E-state index in [1.54, 1.807) is 0 Å². The van der Waals surface area contributed by atoms with Crippen LogP contribution in [0.4, 0.5) is 0 Å². The Morgan fingerprint density at radius 3 is 2.58 bits per heavy atom. The van der Waals surface area contributed by atoms with Crippen molar-refractivity contribution < 1.29 is 4.79 Å². The van der Waals surface area contributed by atoms with Crippen molar-refractivity contribution in [3.8, 4) is 0 Å². The summed E-state index contributed by atoms with van der Waals surface area (Å²) < 4.78 is 0. The number of nitrogens with two attached hydrogens (primary N) is 1. The van der Waals surface area contributed by atoms with E-state index >= 15 is 0 Å². The molecule has 0 radical (unpaired) electrons. The molecule has 12 heavy (non-hydrogen) atoms. The normalized spacial score (nSPS) is 36.3. The highest BCUT2D eigenvalue weighted by Gasteiger charge is 2.41. The lowest BCUT2D eigenvalue weighted by atomic mass is 9.73. The van der Waals surface area contributed by atoms with Crippen molar-refractivity contribution in [3.63, 3.8) is 0 Å². The highest BCUT2D eigenvalue weighted by atomic mass is 16.1. The van der Waals surface area contributed by atoms with Crippen molar-refractivity contribution in [1.82, 2.24) is 5.32 Å². The maximum absolute atomic E-state index is 11.3. The zero-order valence-electron chi connectivity index (χ0n) is 7.89. The Hall–Kier alpha value is -0.570. The van der Waals surface area contributed by atoms with E-state index in [-0.39, 0.29) is 5.91 Å². The molecule has 0 aromatic carbocycles. The van der Waals surface area contributed by atoms with Gasteiger partial charge in [0.2, 0.25) is 5.91 Å². The van der Waals surface area contributed by atoms with E-state index in [2.05, 4.69) is 12.2 Å². The van der Waals surface area contributed by atoms with Gasteiger partial charge in [-0.2, -0.15) is 0 Å². The number of primary amides is 1. The van der Waals surface area contributed by atoms with Crippen LogP contribution in [0.25, 0.3) is 0 Å². The van der Waals surface area contributed by atoms with Crippen molar-refractivity contribution in [1.29, 1.82) is 0 Å². The van der Waals surface area contributed by atoms with Gasteiger partial charge in [-0.15, -0.1) is 0 Å². The fourth-order valence-electron chi connectivity index (χ4n) is 2.21. The molecule has 1 fully saturated rings. The van der Waals surface area contributed by atoms with E-state index < -0.39 is 5.54 Å². The molecule has 0 aliphatic heterocycles. The van der Waals surface area contributed by atoms with Crippen LogP contribution in [0.2, 0.25) is 0 Å². The molecule has 0 spiro atoms. The summed E-state index contributed by atoms with van der Waals surface area (Å²) in [6.45, 7) is 2.10. The predicted molar refractivity (Wildman–Crippen MR) is 48.6 cm³/mol. The first-order valence-electron chi connectivity index (χ1n) is 4.62. The molecule has 0 aromatic rings.